The summed E-state index contributed by atoms with van der Waals surface area (Å²) in [5.74, 6) is -0.366. The molecule has 1 N–H and O–H groups in total. The van der Waals surface area contributed by atoms with Crippen LogP contribution < -0.4 is 0 Å². The molecule has 1 atom stereocenters. The fourth-order valence-electron chi connectivity index (χ4n) is 3.48. The van der Waals surface area contributed by atoms with E-state index in [0.29, 0.717) is 18.8 Å². The van der Waals surface area contributed by atoms with Gasteiger partial charge >= 0.3 is 5.97 Å². The number of furan rings is 1. The number of carboxylic acid groups (broad SMARTS) is 1. The van der Waals surface area contributed by atoms with Gasteiger partial charge in [-0.05, 0) is 19.1 Å². The van der Waals surface area contributed by atoms with E-state index in [1.165, 1.54) is 0 Å². The highest BCUT2D eigenvalue weighted by Crippen LogP contribution is 2.29. The molecule has 26 heavy (non-hydrogen) atoms. The van der Waals surface area contributed by atoms with Gasteiger partial charge in [0.2, 0.25) is 0 Å². The van der Waals surface area contributed by atoms with Crippen molar-refractivity contribution >= 4 is 28.3 Å². The van der Waals surface area contributed by atoms with E-state index in [4.69, 9.17) is 4.42 Å². The van der Waals surface area contributed by atoms with Crippen molar-refractivity contribution in [3.05, 3.63) is 52.2 Å². The number of hydrogen-bond donors (Lipinski definition) is 1. The first kappa shape index (κ1) is 17.2. The molecule has 2 aromatic heterocycles. The summed E-state index contributed by atoms with van der Waals surface area (Å²) in [5.41, 5.74) is 1.82. The molecule has 1 aromatic carbocycles. The first-order chi connectivity index (χ1) is 12.6. The van der Waals surface area contributed by atoms with Crippen LogP contribution in [0.15, 0.2) is 40.1 Å². The topological polar surface area (TPSA) is 69.8 Å². The van der Waals surface area contributed by atoms with Gasteiger partial charge in [-0.2, -0.15) is 0 Å². The molecule has 0 bridgehead atoms. The van der Waals surface area contributed by atoms with E-state index in [2.05, 4.69) is 15.3 Å². The largest absolute Gasteiger partial charge is 0.480 e. The second-order valence-corrected chi connectivity index (χ2v) is 7.66. The van der Waals surface area contributed by atoms with E-state index in [-0.39, 0.29) is 0 Å². The Labute approximate surface area is 155 Å². The van der Waals surface area contributed by atoms with Crippen molar-refractivity contribution < 1.29 is 14.3 Å². The summed E-state index contributed by atoms with van der Waals surface area (Å²) in [6, 6.07) is 8.73. The minimum Gasteiger partial charge on any atom is -0.480 e. The number of para-hydroxylation sites is 1. The van der Waals surface area contributed by atoms with Crippen molar-refractivity contribution in [1.82, 2.24) is 14.8 Å². The molecular formula is C19H21N3O3S. The maximum absolute atomic E-state index is 11.9. The first-order valence-electron chi connectivity index (χ1n) is 8.69. The predicted octanol–water partition coefficient (Wildman–Crippen LogP) is 3.14. The molecule has 136 valence electrons. The lowest BCUT2D eigenvalue weighted by atomic mass is 10.1. The van der Waals surface area contributed by atoms with Crippen molar-refractivity contribution in [2.45, 2.75) is 19.5 Å². The van der Waals surface area contributed by atoms with Gasteiger partial charge < -0.3 is 9.52 Å². The van der Waals surface area contributed by atoms with Gasteiger partial charge in [0, 0.05) is 43.5 Å². The molecule has 3 aromatic rings. The van der Waals surface area contributed by atoms with Gasteiger partial charge in [-0.1, -0.05) is 18.2 Å². The molecule has 0 amide bonds. The van der Waals surface area contributed by atoms with Crippen LogP contribution in [0.1, 0.15) is 22.5 Å². The molecule has 6 nitrogen and oxygen atoms in total. The van der Waals surface area contributed by atoms with Crippen molar-refractivity contribution in [1.29, 1.82) is 0 Å². The van der Waals surface area contributed by atoms with Crippen LogP contribution in [0.4, 0.5) is 0 Å². The zero-order chi connectivity index (χ0) is 18.1. The van der Waals surface area contributed by atoms with Crippen molar-refractivity contribution in [2.24, 2.45) is 0 Å². The number of rotatable bonds is 5. The number of fused-ring (bicyclic) bond motifs is 1. The van der Waals surface area contributed by atoms with E-state index in [1.807, 2.05) is 42.2 Å². The standard InChI is InChI=1S/C19H21N3O3S/c1-13-20-15(12-26-13)11-21-6-8-22(9-7-21)18(19(23)24)17-10-14-4-2-3-5-16(14)25-17/h2-5,10,12,18H,6-9,11H2,1H3,(H,23,24)/t18-/m0/s1. The normalized spacial score (nSPS) is 17.6. The zero-order valence-corrected chi connectivity index (χ0v) is 15.4. The SMILES string of the molecule is Cc1nc(CN2CCN([C@H](C(=O)O)c3cc4ccccc4o3)CC2)cs1. The summed E-state index contributed by atoms with van der Waals surface area (Å²) < 4.78 is 5.83. The number of nitrogens with zero attached hydrogens (tertiary/aromatic N) is 3. The molecule has 7 heteroatoms. The smallest absolute Gasteiger partial charge is 0.328 e. The number of thiazole rings is 1. The fourth-order valence-corrected chi connectivity index (χ4v) is 4.09. The second kappa shape index (κ2) is 7.19. The Morgan fingerprint density at radius 3 is 2.73 bits per heavy atom. The summed E-state index contributed by atoms with van der Waals surface area (Å²) in [6.45, 7) is 5.85. The Hall–Kier alpha value is -2.22. The van der Waals surface area contributed by atoms with Crippen molar-refractivity contribution in [2.75, 3.05) is 26.2 Å². The molecule has 0 unspecified atom stereocenters. The molecule has 1 saturated heterocycles. The van der Waals surface area contributed by atoms with Crippen LogP contribution in [0.2, 0.25) is 0 Å². The Morgan fingerprint density at radius 1 is 1.31 bits per heavy atom. The molecule has 1 fully saturated rings. The van der Waals surface area contributed by atoms with Crippen LogP contribution >= 0.6 is 11.3 Å². The Bertz CT molecular complexity index is 879. The lowest BCUT2D eigenvalue weighted by molar-refractivity contribution is -0.145. The zero-order valence-electron chi connectivity index (χ0n) is 14.6. The second-order valence-electron chi connectivity index (χ2n) is 6.60. The van der Waals surface area contributed by atoms with E-state index in [9.17, 15) is 9.90 Å². The average Bonchev–Trinajstić information content (AvgIpc) is 3.22. The molecule has 0 spiro atoms. The summed E-state index contributed by atoms with van der Waals surface area (Å²) in [7, 11) is 0. The number of aryl methyl sites for hydroxylation is 1. The molecule has 0 saturated carbocycles. The maximum atomic E-state index is 11.9. The number of benzene rings is 1. The third-order valence-electron chi connectivity index (χ3n) is 4.77. The Morgan fingerprint density at radius 2 is 2.08 bits per heavy atom. The van der Waals surface area contributed by atoms with Gasteiger partial charge in [-0.25, -0.2) is 4.98 Å². The minimum absolute atomic E-state index is 0.502. The summed E-state index contributed by atoms with van der Waals surface area (Å²) in [5, 5.41) is 13.9. The number of carbonyl (C=O) groups is 1. The van der Waals surface area contributed by atoms with Crippen LogP contribution in [0.5, 0.6) is 0 Å². The van der Waals surface area contributed by atoms with Gasteiger partial charge in [0.25, 0.3) is 0 Å². The highest BCUT2D eigenvalue weighted by molar-refractivity contribution is 7.09. The number of hydrogen-bond acceptors (Lipinski definition) is 6. The third kappa shape index (κ3) is 3.51. The monoisotopic (exact) mass is 371 g/mol. The van der Waals surface area contributed by atoms with Crippen LogP contribution in [0, 0.1) is 6.92 Å². The molecular weight excluding hydrogens is 350 g/mol. The molecule has 0 radical (unpaired) electrons. The molecule has 1 aliphatic rings. The molecule has 4 rings (SSSR count). The average molecular weight is 371 g/mol. The number of carboxylic acids is 1. The van der Waals surface area contributed by atoms with Crippen LogP contribution in [-0.4, -0.2) is 52.0 Å². The van der Waals surface area contributed by atoms with Crippen LogP contribution in [0.3, 0.4) is 0 Å². The summed E-state index contributed by atoms with van der Waals surface area (Å²) >= 11 is 1.66. The van der Waals surface area contributed by atoms with Gasteiger partial charge in [-0.3, -0.25) is 14.6 Å². The summed E-state index contributed by atoms with van der Waals surface area (Å²) in [6.07, 6.45) is 0. The van der Waals surface area contributed by atoms with Crippen LogP contribution in [-0.2, 0) is 11.3 Å². The molecule has 3 heterocycles. The van der Waals surface area contributed by atoms with E-state index >= 15 is 0 Å². The number of aromatic nitrogens is 1. The lowest BCUT2D eigenvalue weighted by Gasteiger charge is -2.36. The highest BCUT2D eigenvalue weighted by atomic mass is 32.1. The Kier molecular flexibility index (Phi) is 4.76. The lowest BCUT2D eigenvalue weighted by Crippen LogP contribution is -2.48. The number of aliphatic carboxylic acids is 1. The van der Waals surface area contributed by atoms with E-state index in [1.54, 1.807) is 11.3 Å². The quantitative estimate of drug-likeness (QED) is 0.743. The minimum atomic E-state index is -0.868. The number of piperazine rings is 1. The first-order valence-corrected chi connectivity index (χ1v) is 9.57. The van der Waals surface area contributed by atoms with Gasteiger partial charge in [0.05, 0.1) is 10.7 Å². The van der Waals surface area contributed by atoms with Crippen LogP contribution in [0.25, 0.3) is 11.0 Å². The molecule has 1 aliphatic heterocycles. The van der Waals surface area contributed by atoms with Gasteiger partial charge in [0.15, 0.2) is 6.04 Å². The van der Waals surface area contributed by atoms with Crippen molar-refractivity contribution in [3.63, 3.8) is 0 Å². The highest BCUT2D eigenvalue weighted by Gasteiger charge is 2.33. The Balaban J connectivity index is 1.46. The molecule has 0 aliphatic carbocycles. The maximum Gasteiger partial charge on any atom is 0.328 e. The van der Waals surface area contributed by atoms with Gasteiger partial charge in [-0.15, -0.1) is 11.3 Å². The third-order valence-corrected chi connectivity index (χ3v) is 5.59. The summed E-state index contributed by atoms with van der Waals surface area (Å²) in [4.78, 5) is 20.8. The fraction of sp³-hybridized carbons (Fsp3) is 0.368. The predicted molar refractivity (Wildman–Crippen MR) is 100 cm³/mol. The van der Waals surface area contributed by atoms with E-state index < -0.39 is 12.0 Å². The van der Waals surface area contributed by atoms with Gasteiger partial charge in [0.1, 0.15) is 11.3 Å². The van der Waals surface area contributed by atoms with Crippen molar-refractivity contribution in [3.8, 4) is 0 Å². The van der Waals surface area contributed by atoms with E-state index in [0.717, 1.165) is 41.3 Å².